The van der Waals surface area contributed by atoms with Crippen LogP contribution in [0.4, 0.5) is 0 Å². The Kier molecular flexibility index (Phi) is 5.16. The summed E-state index contributed by atoms with van der Waals surface area (Å²) in [6.07, 6.45) is 6.25. The first kappa shape index (κ1) is 19.9. The molecule has 28 heavy (non-hydrogen) atoms. The molecule has 0 amide bonds. The molecule has 4 heteroatoms. The van der Waals surface area contributed by atoms with Crippen LogP contribution in [0.5, 0.6) is 0 Å². The number of aryl methyl sites for hydroxylation is 1. The monoisotopic (exact) mass is 377 g/mol. The van der Waals surface area contributed by atoms with Gasteiger partial charge in [-0.2, -0.15) is 0 Å². The summed E-state index contributed by atoms with van der Waals surface area (Å²) in [5.74, 6) is -0.408. The zero-order valence-corrected chi connectivity index (χ0v) is 17.2. The molecule has 0 radical (unpaired) electrons. The van der Waals surface area contributed by atoms with Gasteiger partial charge in [0, 0.05) is 24.2 Å². The number of fused-ring (bicyclic) bond motifs is 2. The Balaban J connectivity index is 2.47. The molecule has 0 aliphatic heterocycles. The molecule has 1 heterocycles. The first-order valence-corrected chi connectivity index (χ1v) is 9.53. The number of carbonyl (C=O) groups excluding carboxylic acids is 1. The highest BCUT2D eigenvalue weighted by molar-refractivity contribution is 6.07. The Hall–Kier alpha value is -2.88. The van der Waals surface area contributed by atoms with Crippen molar-refractivity contribution >= 4 is 22.4 Å². The van der Waals surface area contributed by atoms with Gasteiger partial charge in [-0.1, -0.05) is 35.4 Å². The second kappa shape index (κ2) is 7.27. The molecule has 0 saturated carbocycles. The van der Waals surface area contributed by atoms with E-state index < -0.39 is 5.41 Å². The Morgan fingerprint density at radius 1 is 1.04 bits per heavy atom. The lowest BCUT2D eigenvalue weighted by Gasteiger charge is -2.37. The van der Waals surface area contributed by atoms with Gasteiger partial charge in [-0.3, -0.25) is 9.59 Å². The van der Waals surface area contributed by atoms with E-state index in [0.29, 0.717) is 23.9 Å². The Morgan fingerprint density at radius 2 is 1.61 bits per heavy atom. The summed E-state index contributed by atoms with van der Waals surface area (Å²) >= 11 is 0. The van der Waals surface area contributed by atoms with Crippen molar-refractivity contribution in [2.24, 2.45) is 7.05 Å². The minimum absolute atomic E-state index is 0.169. The summed E-state index contributed by atoms with van der Waals surface area (Å²) in [5.41, 5.74) is 2.65. The summed E-state index contributed by atoms with van der Waals surface area (Å²) in [5, 5.41) is 11.1. The number of para-hydroxylation sites is 1. The SMILES string of the molecule is CC(C)=CCC1(CC=C(C)C)C(=O)C=C(O)c2c1n(C)c1ccccc1c2=O. The van der Waals surface area contributed by atoms with E-state index in [4.69, 9.17) is 0 Å². The van der Waals surface area contributed by atoms with Gasteiger partial charge >= 0.3 is 0 Å². The molecule has 0 unspecified atom stereocenters. The zero-order chi connectivity index (χ0) is 20.6. The highest BCUT2D eigenvalue weighted by atomic mass is 16.3. The van der Waals surface area contributed by atoms with Crippen LogP contribution in [0.1, 0.15) is 51.8 Å². The number of pyridine rings is 1. The first-order chi connectivity index (χ1) is 13.2. The van der Waals surface area contributed by atoms with Crippen molar-refractivity contribution < 1.29 is 9.90 Å². The fourth-order valence-corrected chi connectivity index (χ4v) is 3.97. The largest absolute Gasteiger partial charge is 0.507 e. The van der Waals surface area contributed by atoms with Crippen LogP contribution in [0.15, 0.2) is 58.4 Å². The summed E-state index contributed by atoms with van der Waals surface area (Å²) < 4.78 is 1.91. The van der Waals surface area contributed by atoms with E-state index in [2.05, 4.69) is 0 Å². The molecule has 4 nitrogen and oxygen atoms in total. The molecule has 1 aliphatic rings. The normalized spacial score (nSPS) is 15.0. The number of allylic oxidation sites excluding steroid dienone is 5. The molecular weight excluding hydrogens is 350 g/mol. The van der Waals surface area contributed by atoms with Gasteiger partial charge in [-0.15, -0.1) is 0 Å². The third kappa shape index (κ3) is 3.13. The van der Waals surface area contributed by atoms with Crippen molar-refractivity contribution in [3.8, 4) is 0 Å². The van der Waals surface area contributed by atoms with Crippen LogP contribution in [0.2, 0.25) is 0 Å². The number of ketones is 1. The number of hydrogen-bond donors (Lipinski definition) is 1. The molecule has 0 bridgehead atoms. The molecule has 0 atom stereocenters. The Morgan fingerprint density at radius 3 is 2.18 bits per heavy atom. The van der Waals surface area contributed by atoms with Crippen LogP contribution >= 0.6 is 0 Å². The molecule has 1 N–H and O–H groups in total. The van der Waals surface area contributed by atoms with Crippen molar-refractivity contribution in [2.45, 2.75) is 46.0 Å². The lowest BCUT2D eigenvalue weighted by Crippen LogP contribution is -2.42. The van der Waals surface area contributed by atoms with Crippen LogP contribution in [0, 0.1) is 0 Å². The number of benzene rings is 1. The molecule has 3 rings (SSSR count). The molecule has 1 aliphatic carbocycles. The number of aromatic nitrogens is 1. The molecular formula is C24H27NO3. The predicted octanol–water partition coefficient (Wildman–Crippen LogP) is 4.97. The maximum absolute atomic E-state index is 13.3. The van der Waals surface area contributed by atoms with E-state index in [9.17, 15) is 14.7 Å². The molecule has 2 aromatic rings. The third-order valence-corrected chi connectivity index (χ3v) is 5.48. The van der Waals surface area contributed by atoms with Gasteiger partial charge in [-0.05, 0) is 52.7 Å². The summed E-state index contributed by atoms with van der Waals surface area (Å²) in [6.45, 7) is 7.98. The minimum Gasteiger partial charge on any atom is -0.507 e. The summed E-state index contributed by atoms with van der Waals surface area (Å²) in [6, 6.07) is 7.33. The maximum Gasteiger partial charge on any atom is 0.200 e. The molecule has 146 valence electrons. The van der Waals surface area contributed by atoms with Gasteiger partial charge in [0.1, 0.15) is 5.76 Å². The second-order valence-electron chi connectivity index (χ2n) is 8.08. The molecule has 1 aromatic heterocycles. The van der Waals surface area contributed by atoms with Gasteiger partial charge in [0.2, 0.25) is 5.43 Å². The van der Waals surface area contributed by atoms with Gasteiger partial charge in [0.15, 0.2) is 5.78 Å². The van der Waals surface area contributed by atoms with E-state index in [1.807, 2.05) is 69.7 Å². The quantitative estimate of drug-likeness (QED) is 0.765. The fraction of sp³-hybridized carbons (Fsp3) is 0.333. The van der Waals surface area contributed by atoms with Crippen molar-refractivity contribution in [1.82, 2.24) is 4.57 Å². The molecule has 0 fully saturated rings. The lowest BCUT2D eigenvalue weighted by molar-refractivity contribution is -0.120. The second-order valence-corrected chi connectivity index (χ2v) is 8.08. The van der Waals surface area contributed by atoms with E-state index in [1.165, 1.54) is 6.08 Å². The fourth-order valence-electron chi connectivity index (χ4n) is 3.97. The lowest BCUT2D eigenvalue weighted by atomic mass is 9.68. The number of aliphatic hydroxyl groups excluding tert-OH is 1. The van der Waals surface area contributed by atoms with Crippen molar-refractivity contribution in [3.63, 3.8) is 0 Å². The van der Waals surface area contributed by atoms with Gasteiger partial charge in [0.05, 0.1) is 16.5 Å². The number of nitrogens with zero attached hydrogens (tertiary/aromatic N) is 1. The standard InChI is InChI=1S/C24H27NO3/c1-15(2)10-12-24(13-11-16(3)4)20(27)14-19(26)21-22(28)17-8-6-7-9-18(17)25(5)23(21)24/h6-11,14,26H,12-13H2,1-5H3. The predicted molar refractivity (Wildman–Crippen MR) is 115 cm³/mol. The zero-order valence-electron chi connectivity index (χ0n) is 17.2. The minimum atomic E-state index is -0.923. The van der Waals surface area contributed by atoms with E-state index in [-0.39, 0.29) is 22.5 Å². The highest BCUT2D eigenvalue weighted by Gasteiger charge is 2.45. The molecule has 0 spiro atoms. The van der Waals surface area contributed by atoms with Crippen LogP contribution in [0.3, 0.4) is 0 Å². The number of carbonyl (C=O) groups is 1. The number of hydrogen-bond acceptors (Lipinski definition) is 3. The smallest absolute Gasteiger partial charge is 0.200 e. The van der Waals surface area contributed by atoms with E-state index in [1.54, 1.807) is 6.07 Å². The van der Waals surface area contributed by atoms with Gasteiger partial charge in [-0.25, -0.2) is 0 Å². The van der Waals surface area contributed by atoms with Crippen LogP contribution < -0.4 is 5.43 Å². The number of rotatable bonds is 4. The number of aliphatic hydroxyl groups is 1. The first-order valence-electron chi connectivity index (χ1n) is 9.53. The van der Waals surface area contributed by atoms with Gasteiger partial charge < -0.3 is 9.67 Å². The summed E-state index contributed by atoms with van der Waals surface area (Å²) in [4.78, 5) is 26.6. The average molecular weight is 377 g/mol. The van der Waals surface area contributed by atoms with Gasteiger partial charge in [0.25, 0.3) is 0 Å². The van der Waals surface area contributed by atoms with Crippen LogP contribution in [-0.4, -0.2) is 15.5 Å². The van der Waals surface area contributed by atoms with E-state index in [0.717, 1.165) is 16.7 Å². The van der Waals surface area contributed by atoms with Crippen LogP contribution in [-0.2, 0) is 17.3 Å². The topological polar surface area (TPSA) is 59.3 Å². The summed E-state index contributed by atoms with van der Waals surface area (Å²) in [7, 11) is 1.87. The van der Waals surface area contributed by atoms with Crippen molar-refractivity contribution in [1.29, 1.82) is 0 Å². The average Bonchev–Trinajstić information content (AvgIpc) is 2.64. The molecule has 0 saturated heterocycles. The Bertz CT molecular complexity index is 1080. The third-order valence-electron chi connectivity index (χ3n) is 5.48. The Labute approximate surface area is 165 Å². The molecule has 1 aromatic carbocycles. The van der Waals surface area contributed by atoms with Crippen molar-refractivity contribution in [3.05, 3.63) is 75.1 Å². The van der Waals surface area contributed by atoms with E-state index >= 15 is 0 Å². The highest BCUT2D eigenvalue weighted by Crippen LogP contribution is 2.42. The maximum atomic E-state index is 13.3. The van der Waals surface area contributed by atoms with Crippen LogP contribution in [0.25, 0.3) is 16.7 Å². The van der Waals surface area contributed by atoms with Crippen molar-refractivity contribution in [2.75, 3.05) is 0 Å².